The number of anilines is 1. The number of hydrogen-bond acceptors (Lipinski definition) is 4. The van der Waals surface area contributed by atoms with Gasteiger partial charge in [0.1, 0.15) is 5.82 Å². The van der Waals surface area contributed by atoms with Crippen LogP contribution >= 0.6 is 0 Å². The first-order chi connectivity index (χ1) is 13.0. The molecule has 3 rings (SSSR count). The van der Waals surface area contributed by atoms with Crippen LogP contribution in [0, 0.1) is 12.7 Å². The smallest absolute Gasteiger partial charge is 0.310 e. The topological polar surface area (TPSA) is 49.9 Å². The van der Waals surface area contributed by atoms with Gasteiger partial charge in [-0.2, -0.15) is 0 Å². The number of carbonyl (C=O) groups is 2. The Balaban J connectivity index is 1.43. The van der Waals surface area contributed by atoms with Gasteiger partial charge in [-0.25, -0.2) is 4.39 Å². The predicted octanol–water partition coefficient (Wildman–Crippen LogP) is 2.57. The lowest BCUT2D eigenvalue weighted by Crippen LogP contribution is -2.50. The molecule has 1 fully saturated rings. The Labute approximate surface area is 158 Å². The van der Waals surface area contributed by atoms with Crippen LogP contribution in [0.1, 0.15) is 11.1 Å². The first-order valence-electron chi connectivity index (χ1n) is 9.01. The molecule has 0 aliphatic carbocycles. The normalized spacial score (nSPS) is 14.1. The third kappa shape index (κ3) is 5.06. The molecule has 0 saturated carbocycles. The molecule has 0 spiro atoms. The van der Waals surface area contributed by atoms with E-state index >= 15 is 0 Å². The zero-order chi connectivity index (χ0) is 19.2. The summed E-state index contributed by atoms with van der Waals surface area (Å²) >= 11 is 0. The molecule has 6 heteroatoms. The number of para-hydroxylation sites is 1. The highest BCUT2D eigenvalue weighted by atomic mass is 19.1. The van der Waals surface area contributed by atoms with E-state index < -0.39 is 5.97 Å². The first-order valence-corrected chi connectivity index (χ1v) is 9.01. The molecule has 2 aromatic rings. The average Bonchev–Trinajstić information content (AvgIpc) is 2.68. The number of nitrogens with zero attached hydrogens (tertiary/aromatic N) is 2. The largest absolute Gasteiger partial charge is 0.455 e. The Morgan fingerprint density at radius 2 is 1.67 bits per heavy atom. The molecule has 0 N–H and O–H groups in total. The van der Waals surface area contributed by atoms with Gasteiger partial charge in [0.05, 0.1) is 12.1 Å². The molecule has 1 saturated heterocycles. The van der Waals surface area contributed by atoms with Crippen molar-refractivity contribution in [1.82, 2.24) is 4.90 Å². The first kappa shape index (κ1) is 18.9. The third-order valence-electron chi connectivity index (χ3n) is 4.65. The standard InChI is InChI=1S/C21H23FN2O3/c1-16-6-8-17(9-7-16)14-21(26)27-15-20(25)24-12-10-23(11-13-24)19-5-3-2-4-18(19)22/h2-9H,10-15H2,1H3. The van der Waals surface area contributed by atoms with Crippen molar-refractivity contribution in [3.63, 3.8) is 0 Å². The van der Waals surface area contributed by atoms with Gasteiger partial charge in [-0.3, -0.25) is 9.59 Å². The number of rotatable bonds is 5. The van der Waals surface area contributed by atoms with Crippen LogP contribution in [-0.2, 0) is 20.7 Å². The van der Waals surface area contributed by atoms with Crippen LogP contribution in [0.2, 0.25) is 0 Å². The van der Waals surface area contributed by atoms with E-state index in [2.05, 4.69) is 0 Å². The van der Waals surface area contributed by atoms with Crippen LogP contribution in [0.3, 0.4) is 0 Å². The number of halogens is 1. The summed E-state index contributed by atoms with van der Waals surface area (Å²) in [7, 11) is 0. The number of ether oxygens (including phenoxy) is 1. The third-order valence-corrected chi connectivity index (χ3v) is 4.65. The fourth-order valence-corrected chi connectivity index (χ4v) is 3.06. The summed E-state index contributed by atoms with van der Waals surface area (Å²) in [6.07, 6.45) is 0.147. The van der Waals surface area contributed by atoms with Crippen LogP contribution in [-0.4, -0.2) is 49.6 Å². The molecule has 0 radical (unpaired) electrons. The maximum atomic E-state index is 13.9. The summed E-state index contributed by atoms with van der Waals surface area (Å²) in [6.45, 7) is 3.76. The maximum Gasteiger partial charge on any atom is 0.310 e. The van der Waals surface area contributed by atoms with Crippen molar-refractivity contribution < 1.29 is 18.7 Å². The highest BCUT2D eigenvalue weighted by Gasteiger charge is 2.23. The Morgan fingerprint density at radius 3 is 2.33 bits per heavy atom. The van der Waals surface area contributed by atoms with E-state index in [0.29, 0.717) is 31.9 Å². The Hall–Kier alpha value is -2.89. The molecule has 1 aliphatic rings. The lowest BCUT2D eigenvalue weighted by Gasteiger charge is -2.36. The zero-order valence-electron chi connectivity index (χ0n) is 15.4. The SMILES string of the molecule is Cc1ccc(CC(=O)OCC(=O)N2CCN(c3ccccc3F)CC2)cc1. The number of benzene rings is 2. The number of amides is 1. The summed E-state index contributed by atoms with van der Waals surface area (Å²) < 4.78 is 19.0. The number of esters is 1. The fraction of sp³-hybridized carbons (Fsp3) is 0.333. The van der Waals surface area contributed by atoms with Crippen molar-refractivity contribution in [1.29, 1.82) is 0 Å². The summed E-state index contributed by atoms with van der Waals surface area (Å²) in [6, 6.07) is 14.2. The van der Waals surface area contributed by atoms with E-state index in [1.54, 1.807) is 23.1 Å². The fourth-order valence-electron chi connectivity index (χ4n) is 3.06. The average molecular weight is 370 g/mol. The maximum absolute atomic E-state index is 13.9. The van der Waals surface area contributed by atoms with E-state index in [1.807, 2.05) is 36.1 Å². The quantitative estimate of drug-likeness (QED) is 0.759. The minimum absolute atomic E-state index is 0.147. The second kappa shape index (κ2) is 8.66. The minimum Gasteiger partial charge on any atom is -0.455 e. The van der Waals surface area contributed by atoms with E-state index in [9.17, 15) is 14.0 Å². The van der Waals surface area contributed by atoms with Crippen LogP contribution in [0.15, 0.2) is 48.5 Å². The molecular formula is C21H23FN2O3. The minimum atomic E-state index is -0.419. The molecule has 5 nitrogen and oxygen atoms in total. The Morgan fingerprint density at radius 1 is 1.00 bits per heavy atom. The van der Waals surface area contributed by atoms with Crippen molar-refractivity contribution in [2.45, 2.75) is 13.3 Å². The second-order valence-electron chi connectivity index (χ2n) is 6.64. The molecule has 27 heavy (non-hydrogen) atoms. The molecule has 1 aliphatic heterocycles. The summed E-state index contributed by atoms with van der Waals surface area (Å²) in [5.74, 6) is -0.903. The number of aryl methyl sites for hydroxylation is 1. The molecule has 0 aromatic heterocycles. The van der Waals surface area contributed by atoms with Crippen LogP contribution in [0.5, 0.6) is 0 Å². The van der Waals surface area contributed by atoms with Crippen molar-refractivity contribution >= 4 is 17.6 Å². The van der Waals surface area contributed by atoms with Crippen molar-refractivity contribution in [2.75, 3.05) is 37.7 Å². The summed E-state index contributed by atoms with van der Waals surface area (Å²) in [5, 5.41) is 0. The second-order valence-corrected chi connectivity index (χ2v) is 6.64. The van der Waals surface area contributed by atoms with Gasteiger partial charge in [0.15, 0.2) is 6.61 Å². The number of piperazine rings is 1. The van der Waals surface area contributed by atoms with Crippen LogP contribution < -0.4 is 4.90 Å². The lowest BCUT2D eigenvalue weighted by atomic mass is 10.1. The van der Waals surface area contributed by atoms with E-state index in [0.717, 1.165) is 11.1 Å². The molecular weight excluding hydrogens is 347 g/mol. The van der Waals surface area contributed by atoms with Gasteiger partial charge in [0, 0.05) is 26.2 Å². The van der Waals surface area contributed by atoms with Gasteiger partial charge in [-0.1, -0.05) is 42.0 Å². The lowest BCUT2D eigenvalue weighted by molar-refractivity contribution is -0.151. The summed E-state index contributed by atoms with van der Waals surface area (Å²) in [5.41, 5.74) is 2.53. The number of carbonyl (C=O) groups excluding carboxylic acids is 2. The molecule has 0 bridgehead atoms. The molecule has 2 aromatic carbocycles. The van der Waals surface area contributed by atoms with Gasteiger partial charge >= 0.3 is 5.97 Å². The van der Waals surface area contributed by atoms with Gasteiger partial charge in [-0.15, -0.1) is 0 Å². The Bertz CT molecular complexity index is 799. The summed E-state index contributed by atoms with van der Waals surface area (Å²) in [4.78, 5) is 27.8. The number of hydrogen-bond donors (Lipinski definition) is 0. The van der Waals surface area contributed by atoms with Crippen LogP contribution in [0.4, 0.5) is 10.1 Å². The predicted molar refractivity (Wildman–Crippen MR) is 101 cm³/mol. The molecule has 1 amide bonds. The Kier molecular flexibility index (Phi) is 6.06. The van der Waals surface area contributed by atoms with Crippen molar-refractivity contribution in [3.05, 3.63) is 65.5 Å². The molecule has 0 unspecified atom stereocenters. The molecule has 1 heterocycles. The van der Waals surface area contributed by atoms with Crippen molar-refractivity contribution in [2.24, 2.45) is 0 Å². The molecule has 142 valence electrons. The van der Waals surface area contributed by atoms with Gasteiger partial charge < -0.3 is 14.5 Å². The van der Waals surface area contributed by atoms with Crippen molar-refractivity contribution in [3.8, 4) is 0 Å². The van der Waals surface area contributed by atoms with Crippen LogP contribution in [0.25, 0.3) is 0 Å². The highest BCUT2D eigenvalue weighted by molar-refractivity contribution is 5.81. The molecule has 0 atom stereocenters. The zero-order valence-corrected chi connectivity index (χ0v) is 15.4. The van der Waals surface area contributed by atoms with Gasteiger partial charge in [-0.05, 0) is 24.6 Å². The van der Waals surface area contributed by atoms with E-state index in [-0.39, 0.29) is 24.8 Å². The van der Waals surface area contributed by atoms with Gasteiger partial charge in [0.25, 0.3) is 5.91 Å². The monoisotopic (exact) mass is 370 g/mol. The van der Waals surface area contributed by atoms with E-state index in [1.165, 1.54) is 6.07 Å². The highest BCUT2D eigenvalue weighted by Crippen LogP contribution is 2.20. The van der Waals surface area contributed by atoms with Gasteiger partial charge in [0.2, 0.25) is 0 Å². The van der Waals surface area contributed by atoms with E-state index in [4.69, 9.17) is 4.74 Å².